The van der Waals surface area contributed by atoms with Gasteiger partial charge >= 0.3 is 18.1 Å². The largest absolute Gasteiger partial charge is 0.481 e. The van der Waals surface area contributed by atoms with Gasteiger partial charge < -0.3 is 25.8 Å². The van der Waals surface area contributed by atoms with Crippen LogP contribution in [0.5, 0.6) is 0 Å². The number of aliphatic carboxylic acids is 1. The number of nitrogens with one attached hydrogen (secondary N) is 3. The number of amides is 2. The lowest BCUT2D eigenvalue weighted by Gasteiger charge is -2.31. The first kappa shape index (κ1) is 43.4. The Balaban J connectivity index is 0.000000319. The van der Waals surface area contributed by atoms with Gasteiger partial charge in [0, 0.05) is 60.0 Å². The van der Waals surface area contributed by atoms with E-state index in [4.69, 9.17) is 9.84 Å². The van der Waals surface area contributed by atoms with E-state index in [2.05, 4.69) is 26.0 Å². The maximum atomic E-state index is 12.9. The van der Waals surface area contributed by atoms with E-state index in [-0.39, 0.29) is 55.4 Å². The predicted molar refractivity (Wildman–Crippen MR) is 202 cm³/mol. The van der Waals surface area contributed by atoms with Crippen LogP contribution in [0.2, 0.25) is 0 Å². The van der Waals surface area contributed by atoms with Gasteiger partial charge in [-0.1, -0.05) is 19.3 Å². The fraction of sp³-hybridized carbons (Fsp3) is 0.385. The number of alkyl halides is 3. The molecule has 4 aromatic rings. The zero-order chi connectivity index (χ0) is 41.5. The molecule has 1 atom stereocenters. The van der Waals surface area contributed by atoms with Crippen molar-refractivity contribution in [3.05, 3.63) is 111 Å². The number of aromatic nitrogens is 3. The minimum Gasteiger partial charge on any atom is -0.481 e. The molecule has 304 valence electrons. The molecule has 15 nitrogen and oxygen atoms in total. The fourth-order valence-electron chi connectivity index (χ4n) is 6.13. The average molecular weight is 796 g/mol. The highest BCUT2D eigenvalue weighted by molar-refractivity contribution is 5.95. The van der Waals surface area contributed by atoms with Gasteiger partial charge in [0.1, 0.15) is 0 Å². The highest BCUT2D eigenvalue weighted by Gasteiger charge is 2.31. The molecular weight excluding hydrogens is 751 g/mol. The lowest BCUT2D eigenvalue weighted by Crippen LogP contribution is -2.26. The number of non-ortho nitro benzene ring substituents is 1. The number of carboxylic acids is 1. The van der Waals surface area contributed by atoms with Crippen LogP contribution in [-0.2, 0) is 20.5 Å². The highest BCUT2D eigenvalue weighted by Crippen LogP contribution is 2.38. The number of nitro groups is 1. The third-order valence-corrected chi connectivity index (χ3v) is 9.06. The van der Waals surface area contributed by atoms with Crippen molar-refractivity contribution in [2.45, 2.75) is 71.0 Å². The number of carbonyl (C=O) groups is 4. The molecule has 1 aliphatic carbocycles. The number of halogens is 3. The summed E-state index contributed by atoms with van der Waals surface area (Å²) in [6, 6.07) is 14.4. The van der Waals surface area contributed by atoms with Crippen LogP contribution in [0.15, 0.2) is 73.1 Å². The normalized spacial score (nSPS) is 13.4. The number of nitro benzene ring substituents is 1. The van der Waals surface area contributed by atoms with E-state index in [0.29, 0.717) is 29.5 Å². The summed E-state index contributed by atoms with van der Waals surface area (Å²) in [7, 11) is 0. The van der Waals surface area contributed by atoms with Crippen LogP contribution in [0, 0.1) is 23.0 Å². The average Bonchev–Trinajstić information content (AvgIpc) is 3.58. The molecule has 0 spiro atoms. The van der Waals surface area contributed by atoms with Crippen LogP contribution < -0.4 is 16.0 Å². The first-order chi connectivity index (χ1) is 27.2. The van der Waals surface area contributed by atoms with Gasteiger partial charge in [-0.05, 0) is 81.1 Å². The molecule has 0 bridgehead atoms. The summed E-state index contributed by atoms with van der Waals surface area (Å²) in [5, 5.41) is 32.4. The SMILES string of the molecule is CCOC(=O)CCNC(=O)c1ccc([N+](=O)[O-])cc1.Cc1nn(-c2ccc(C(F)(F)F)cn2)cc1C(Nc1ccc(C(=O)NCCC(=O)O)cc1)C1CCCCC1. The number of carbonyl (C=O) groups excluding carboxylic acids is 3. The van der Waals surface area contributed by atoms with Crippen molar-refractivity contribution in [1.29, 1.82) is 0 Å². The Morgan fingerprint density at radius 2 is 1.53 bits per heavy atom. The zero-order valence-electron chi connectivity index (χ0n) is 31.4. The second kappa shape index (κ2) is 20.5. The Hall–Kier alpha value is -6.33. The molecule has 2 aromatic heterocycles. The van der Waals surface area contributed by atoms with E-state index < -0.39 is 22.6 Å². The summed E-state index contributed by atoms with van der Waals surface area (Å²) in [6.07, 6.45) is 3.59. The molecule has 1 aliphatic rings. The topological polar surface area (TPSA) is 208 Å². The van der Waals surface area contributed by atoms with Gasteiger partial charge in [-0.2, -0.15) is 18.3 Å². The number of rotatable bonds is 15. The fourth-order valence-corrected chi connectivity index (χ4v) is 6.13. The predicted octanol–water partition coefficient (Wildman–Crippen LogP) is 6.81. The Bertz CT molecular complexity index is 1980. The maximum absolute atomic E-state index is 12.9. The lowest BCUT2D eigenvalue weighted by molar-refractivity contribution is -0.384. The number of esters is 1. The Kier molecular flexibility index (Phi) is 15.6. The van der Waals surface area contributed by atoms with Gasteiger partial charge in [-0.25, -0.2) is 9.67 Å². The second-order valence-corrected chi connectivity index (χ2v) is 13.1. The van der Waals surface area contributed by atoms with Crippen molar-refractivity contribution in [1.82, 2.24) is 25.4 Å². The van der Waals surface area contributed by atoms with Crippen molar-refractivity contribution < 1.29 is 47.1 Å². The molecule has 1 fully saturated rings. The van der Waals surface area contributed by atoms with E-state index in [1.807, 2.05) is 13.1 Å². The number of hydrogen-bond acceptors (Lipinski definition) is 10. The van der Waals surface area contributed by atoms with Gasteiger partial charge in [-0.15, -0.1) is 0 Å². The molecule has 57 heavy (non-hydrogen) atoms. The van der Waals surface area contributed by atoms with E-state index in [1.54, 1.807) is 31.2 Å². The summed E-state index contributed by atoms with van der Waals surface area (Å²) >= 11 is 0. The van der Waals surface area contributed by atoms with Crippen LogP contribution in [0.3, 0.4) is 0 Å². The first-order valence-electron chi connectivity index (χ1n) is 18.3. The zero-order valence-corrected chi connectivity index (χ0v) is 31.4. The van der Waals surface area contributed by atoms with Gasteiger partial charge in [0.05, 0.1) is 41.7 Å². The maximum Gasteiger partial charge on any atom is 0.417 e. The summed E-state index contributed by atoms with van der Waals surface area (Å²) in [5.41, 5.74) is 2.33. The standard InChI is InChI=1S/C27H30F3N5O3.C12H14N2O5/c1-17-22(16-35(34-17)23-12-9-20(15-32-23)27(28,29)30)25(18-5-3-2-4-6-18)33-21-10-7-19(8-11-21)26(38)31-14-13-24(36)37;1-2-19-11(15)7-8-13-12(16)9-3-5-10(6-4-9)14(17)18/h7-12,15-16,18,25,33H,2-6,13-14H2,1H3,(H,31,38)(H,36,37);3-6H,2,7-8H2,1H3,(H,13,16). The first-order valence-corrected chi connectivity index (χ1v) is 18.3. The van der Waals surface area contributed by atoms with Crippen molar-refractivity contribution >= 4 is 35.1 Å². The molecule has 0 aliphatic heterocycles. The molecule has 5 rings (SSSR count). The van der Waals surface area contributed by atoms with Gasteiger partial charge in [0.15, 0.2) is 5.82 Å². The molecule has 0 radical (unpaired) electrons. The number of hydrogen-bond donors (Lipinski definition) is 4. The van der Waals surface area contributed by atoms with E-state index in [0.717, 1.165) is 54.9 Å². The molecule has 2 aromatic carbocycles. The monoisotopic (exact) mass is 795 g/mol. The lowest BCUT2D eigenvalue weighted by atomic mass is 9.81. The molecule has 2 heterocycles. The van der Waals surface area contributed by atoms with Gasteiger partial charge in [0.2, 0.25) is 0 Å². The highest BCUT2D eigenvalue weighted by atomic mass is 19.4. The van der Waals surface area contributed by atoms with Crippen LogP contribution in [0.1, 0.15) is 95.4 Å². The Morgan fingerprint density at radius 3 is 2.05 bits per heavy atom. The Morgan fingerprint density at radius 1 is 0.930 bits per heavy atom. The number of benzene rings is 2. The van der Waals surface area contributed by atoms with Crippen molar-refractivity contribution in [3.8, 4) is 5.82 Å². The van der Waals surface area contributed by atoms with Crippen molar-refractivity contribution in [2.24, 2.45) is 5.92 Å². The summed E-state index contributed by atoms with van der Waals surface area (Å²) < 4.78 is 45.1. The number of nitrogens with zero attached hydrogens (tertiary/aromatic N) is 4. The van der Waals surface area contributed by atoms with Gasteiger partial charge in [0.25, 0.3) is 17.5 Å². The molecule has 4 N–H and O–H groups in total. The Labute approximate surface area is 326 Å². The van der Waals surface area contributed by atoms with E-state index in [1.165, 1.54) is 41.4 Å². The van der Waals surface area contributed by atoms with Crippen LogP contribution in [0.4, 0.5) is 24.5 Å². The summed E-state index contributed by atoms with van der Waals surface area (Å²) in [4.78, 5) is 59.5. The molecule has 1 saturated carbocycles. The third kappa shape index (κ3) is 13.1. The molecule has 18 heteroatoms. The molecular formula is C39H44F3N7O8. The third-order valence-electron chi connectivity index (χ3n) is 9.06. The number of pyridine rings is 1. The van der Waals surface area contributed by atoms with Crippen molar-refractivity contribution in [2.75, 3.05) is 25.0 Å². The number of carboxylic acid groups (broad SMARTS) is 1. The van der Waals surface area contributed by atoms with E-state index in [9.17, 15) is 42.5 Å². The molecule has 2 amide bonds. The number of anilines is 1. The van der Waals surface area contributed by atoms with Gasteiger partial charge in [-0.3, -0.25) is 29.3 Å². The van der Waals surface area contributed by atoms with Crippen LogP contribution in [0.25, 0.3) is 5.82 Å². The minimum absolute atomic E-state index is 0.0506. The smallest absolute Gasteiger partial charge is 0.417 e. The van der Waals surface area contributed by atoms with Crippen LogP contribution in [-0.4, -0.2) is 68.2 Å². The second-order valence-electron chi connectivity index (χ2n) is 13.1. The quantitative estimate of drug-likeness (QED) is 0.0558. The van der Waals surface area contributed by atoms with Crippen molar-refractivity contribution in [3.63, 3.8) is 0 Å². The molecule has 1 unspecified atom stereocenters. The number of aryl methyl sites for hydroxylation is 1. The number of ether oxygens (including phenoxy) is 1. The summed E-state index contributed by atoms with van der Waals surface area (Å²) in [6.45, 7) is 4.09. The van der Waals surface area contributed by atoms with E-state index >= 15 is 0 Å². The van der Waals surface area contributed by atoms with Crippen LogP contribution >= 0.6 is 0 Å². The molecule has 0 saturated heterocycles. The summed E-state index contributed by atoms with van der Waals surface area (Å²) in [5.74, 6) is -1.47. The minimum atomic E-state index is -4.46.